The molecule has 0 saturated carbocycles. The molecule has 1 aromatic carbocycles. The van der Waals surface area contributed by atoms with E-state index in [0.717, 1.165) is 49.4 Å². The normalized spacial score (nSPS) is 17.2. The van der Waals surface area contributed by atoms with E-state index in [-0.39, 0.29) is 11.8 Å². The molecular formula is C22H28N6O. The largest absolute Gasteiger partial charge is 0.370 e. The van der Waals surface area contributed by atoms with Crippen molar-refractivity contribution in [3.63, 3.8) is 0 Å². The number of aryl methyl sites for hydroxylation is 2. The molecule has 1 amide bonds. The minimum atomic E-state index is -0.208. The van der Waals surface area contributed by atoms with Gasteiger partial charge in [-0.1, -0.05) is 12.1 Å². The first-order valence-corrected chi connectivity index (χ1v) is 10.3. The molecule has 0 bridgehead atoms. The molecule has 152 valence electrons. The average molecular weight is 393 g/mol. The lowest BCUT2D eigenvalue weighted by Gasteiger charge is -2.32. The summed E-state index contributed by atoms with van der Waals surface area (Å²) in [5.41, 5.74) is 16.4. The summed E-state index contributed by atoms with van der Waals surface area (Å²) in [7, 11) is 0. The number of piperidine rings is 1. The molecule has 1 aliphatic carbocycles. The molecule has 1 saturated heterocycles. The lowest BCUT2D eigenvalue weighted by molar-refractivity contribution is -0.122. The van der Waals surface area contributed by atoms with E-state index in [1.165, 1.54) is 24.0 Å². The van der Waals surface area contributed by atoms with Crippen LogP contribution in [0.2, 0.25) is 0 Å². The Labute approximate surface area is 171 Å². The first-order chi connectivity index (χ1) is 14.1. The molecule has 1 fully saturated rings. The summed E-state index contributed by atoms with van der Waals surface area (Å²) in [6.07, 6.45) is 6.83. The maximum atomic E-state index is 11.4. The van der Waals surface area contributed by atoms with Crippen molar-refractivity contribution in [1.82, 2.24) is 4.98 Å². The first-order valence-electron chi connectivity index (χ1n) is 10.3. The highest BCUT2D eigenvalue weighted by molar-refractivity contribution is 5.92. The third-order valence-electron chi connectivity index (χ3n) is 5.86. The van der Waals surface area contributed by atoms with Crippen LogP contribution in [0.1, 0.15) is 36.0 Å². The zero-order valence-electron chi connectivity index (χ0n) is 16.6. The van der Waals surface area contributed by atoms with Crippen molar-refractivity contribution in [2.24, 2.45) is 22.4 Å². The topological polar surface area (TPSA) is 110 Å². The first kappa shape index (κ1) is 19.2. The predicted octanol–water partition coefficient (Wildman–Crippen LogP) is 2.20. The number of nitrogens with two attached hydrogens (primary N) is 2. The van der Waals surface area contributed by atoms with Gasteiger partial charge in [-0.05, 0) is 61.4 Å². The number of hydrogen-bond acceptors (Lipinski definition) is 4. The van der Waals surface area contributed by atoms with E-state index >= 15 is 0 Å². The molecule has 29 heavy (non-hydrogen) atoms. The van der Waals surface area contributed by atoms with Crippen molar-refractivity contribution < 1.29 is 4.79 Å². The van der Waals surface area contributed by atoms with Gasteiger partial charge in [0.05, 0.1) is 6.54 Å². The molecule has 2 aromatic rings. The number of hydrogen-bond donors (Lipinski definition) is 3. The molecule has 0 atom stereocenters. The number of aromatic nitrogens is 1. The van der Waals surface area contributed by atoms with Crippen molar-refractivity contribution in [2.75, 3.05) is 23.3 Å². The molecule has 2 aliphatic rings. The molecule has 0 unspecified atom stereocenters. The van der Waals surface area contributed by atoms with Crippen molar-refractivity contribution in [3.8, 4) is 0 Å². The molecule has 2 heterocycles. The Balaban J connectivity index is 1.41. The number of fused-ring (bicyclic) bond motifs is 1. The third kappa shape index (κ3) is 4.50. The number of amides is 1. The lowest BCUT2D eigenvalue weighted by Crippen LogP contribution is -2.39. The Morgan fingerprint density at radius 2 is 1.97 bits per heavy atom. The second-order valence-corrected chi connectivity index (χ2v) is 7.81. The van der Waals surface area contributed by atoms with Gasteiger partial charge in [0.2, 0.25) is 5.91 Å². The maximum Gasteiger partial charge on any atom is 0.220 e. The van der Waals surface area contributed by atoms with Gasteiger partial charge >= 0.3 is 0 Å². The molecule has 5 N–H and O–H groups in total. The summed E-state index contributed by atoms with van der Waals surface area (Å²) in [5, 5.41) is 3.20. The zero-order valence-corrected chi connectivity index (χ0v) is 16.6. The van der Waals surface area contributed by atoms with E-state index in [0.29, 0.717) is 12.5 Å². The number of carbonyl (C=O) groups excluding carboxylic acids is 1. The summed E-state index contributed by atoms with van der Waals surface area (Å²) in [6.45, 7) is 1.98. The highest BCUT2D eigenvalue weighted by atomic mass is 16.1. The van der Waals surface area contributed by atoms with Gasteiger partial charge in [-0.2, -0.15) is 0 Å². The van der Waals surface area contributed by atoms with Gasteiger partial charge in [0.1, 0.15) is 5.82 Å². The van der Waals surface area contributed by atoms with Gasteiger partial charge in [-0.25, -0.2) is 9.98 Å². The monoisotopic (exact) mass is 392 g/mol. The summed E-state index contributed by atoms with van der Waals surface area (Å²) in [6, 6.07) is 10.3. The summed E-state index contributed by atoms with van der Waals surface area (Å²) < 4.78 is 0. The van der Waals surface area contributed by atoms with Crippen LogP contribution < -0.4 is 21.7 Å². The number of rotatable bonds is 5. The van der Waals surface area contributed by atoms with Crippen LogP contribution in [-0.2, 0) is 24.2 Å². The smallest absolute Gasteiger partial charge is 0.220 e. The Bertz CT molecular complexity index is 917. The molecule has 7 nitrogen and oxygen atoms in total. The molecule has 1 aromatic heterocycles. The van der Waals surface area contributed by atoms with Gasteiger partial charge in [0.15, 0.2) is 5.96 Å². The number of primary amides is 1. The van der Waals surface area contributed by atoms with Gasteiger partial charge < -0.3 is 21.7 Å². The quantitative estimate of drug-likeness (QED) is 0.534. The minimum absolute atomic E-state index is 0.0383. The van der Waals surface area contributed by atoms with Crippen LogP contribution in [0.4, 0.5) is 11.5 Å². The minimum Gasteiger partial charge on any atom is -0.370 e. The van der Waals surface area contributed by atoms with Crippen molar-refractivity contribution >= 4 is 23.4 Å². The van der Waals surface area contributed by atoms with Crippen LogP contribution in [0.5, 0.6) is 0 Å². The van der Waals surface area contributed by atoms with Crippen LogP contribution in [0.15, 0.2) is 41.5 Å². The summed E-state index contributed by atoms with van der Waals surface area (Å²) >= 11 is 0. The second-order valence-electron chi connectivity index (χ2n) is 7.81. The number of guanidine groups is 1. The van der Waals surface area contributed by atoms with Crippen molar-refractivity contribution in [3.05, 3.63) is 53.2 Å². The van der Waals surface area contributed by atoms with Crippen LogP contribution in [0.3, 0.4) is 0 Å². The van der Waals surface area contributed by atoms with Crippen molar-refractivity contribution in [1.29, 1.82) is 0 Å². The van der Waals surface area contributed by atoms with Gasteiger partial charge in [-0.3, -0.25) is 4.79 Å². The fraction of sp³-hybridized carbons (Fsp3) is 0.409. The van der Waals surface area contributed by atoms with Gasteiger partial charge in [0, 0.05) is 36.5 Å². The number of aliphatic imine (C=N–C) groups is 1. The molecule has 1 aliphatic heterocycles. The van der Waals surface area contributed by atoms with Crippen LogP contribution in [-0.4, -0.2) is 29.9 Å². The molecule has 0 radical (unpaired) electrons. The van der Waals surface area contributed by atoms with Crippen LogP contribution >= 0.6 is 0 Å². The third-order valence-corrected chi connectivity index (χ3v) is 5.86. The Morgan fingerprint density at radius 1 is 1.17 bits per heavy atom. The number of benzene rings is 1. The number of nitrogens with one attached hydrogen (secondary N) is 1. The van der Waals surface area contributed by atoms with Crippen LogP contribution in [0, 0.1) is 5.92 Å². The van der Waals surface area contributed by atoms with E-state index in [9.17, 15) is 4.79 Å². The van der Waals surface area contributed by atoms with Gasteiger partial charge in [0.25, 0.3) is 0 Å². The number of pyridine rings is 1. The zero-order chi connectivity index (χ0) is 20.2. The fourth-order valence-electron chi connectivity index (χ4n) is 4.22. The maximum absolute atomic E-state index is 11.4. The predicted molar refractivity (Wildman–Crippen MR) is 116 cm³/mol. The van der Waals surface area contributed by atoms with Crippen LogP contribution in [0.25, 0.3) is 0 Å². The highest BCUT2D eigenvalue weighted by Gasteiger charge is 2.24. The average Bonchev–Trinajstić information content (AvgIpc) is 3.20. The Hall–Kier alpha value is -3.09. The lowest BCUT2D eigenvalue weighted by atomic mass is 9.96. The standard InChI is InChI=1S/C22H28N6O/c23-20(29)16-8-11-28(12-9-16)21-18(5-2-10-25-21)14-26-22(24)27-19-7-6-15-3-1-4-17(15)13-19/h2,5-7,10,13,16H,1,3-4,8-9,11-12,14H2,(H2,23,29)(H3,24,26,27). The summed E-state index contributed by atoms with van der Waals surface area (Å²) in [5.74, 6) is 1.05. The van der Waals surface area contributed by atoms with E-state index in [4.69, 9.17) is 11.5 Å². The fourth-order valence-corrected chi connectivity index (χ4v) is 4.22. The SMILES string of the molecule is NC(=O)C1CCN(c2ncccc2CN=C(N)Nc2ccc3c(c2)CCC3)CC1. The molecule has 7 heteroatoms. The Kier molecular flexibility index (Phi) is 5.64. The number of carbonyl (C=O) groups is 1. The van der Waals surface area contributed by atoms with E-state index in [1.807, 2.05) is 12.1 Å². The number of anilines is 2. The van der Waals surface area contributed by atoms with E-state index in [2.05, 4.69) is 38.4 Å². The van der Waals surface area contributed by atoms with E-state index < -0.39 is 0 Å². The molecular weight excluding hydrogens is 364 g/mol. The number of nitrogens with zero attached hydrogens (tertiary/aromatic N) is 3. The second kappa shape index (κ2) is 8.51. The molecule has 4 rings (SSSR count). The Morgan fingerprint density at radius 3 is 2.76 bits per heavy atom. The highest BCUT2D eigenvalue weighted by Crippen LogP contribution is 2.26. The summed E-state index contributed by atoms with van der Waals surface area (Å²) in [4.78, 5) is 22.7. The van der Waals surface area contributed by atoms with Gasteiger partial charge in [-0.15, -0.1) is 0 Å². The van der Waals surface area contributed by atoms with E-state index in [1.54, 1.807) is 6.20 Å². The van der Waals surface area contributed by atoms with Crippen molar-refractivity contribution in [2.45, 2.75) is 38.6 Å². The molecule has 0 spiro atoms.